The van der Waals surface area contributed by atoms with E-state index in [1.807, 2.05) is 19.2 Å². The van der Waals surface area contributed by atoms with Crippen molar-refractivity contribution in [2.24, 2.45) is 5.92 Å². The number of hydrogen-bond donors (Lipinski definition) is 1. The molecule has 0 saturated carbocycles. The summed E-state index contributed by atoms with van der Waals surface area (Å²) in [5, 5.41) is 3.30. The molecule has 0 aromatic heterocycles. The molecule has 0 aliphatic carbocycles. The van der Waals surface area contributed by atoms with E-state index in [-0.39, 0.29) is 11.9 Å². The van der Waals surface area contributed by atoms with Gasteiger partial charge in [-0.3, -0.25) is 0 Å². The number of rotatable bonds is 3. The highest BCUT2D eigenvalue weighted by Crippen LogP contribution is 2.31. The summed E-state index contributed by atoms with van der Waals surface area (Å²) in [6.07, 6.45) is 1.39. The van der Waals surface area contributed by atoms with Gasteiger partial charge in [-0.25, -0.2) is 4.39 Å². The van der Waals surface area contributed by atoms with E-state index in [2.05, 4.69) is 12.2 Å². The van der Waals surface area contributed by atoms with Crippen molar-refractivity contribution in [2.75, 3.05) is 13.7 Å². The zero-order chi connectivity index (χ0) is 11.5. The van der Waals surface area contributed by atoms with Gasteiger partial charge in [-0.15, -0.1) is 0 Å². The lowest BCUT2D eigenvalue weighted by Crippen LogP contribution is -2.25. The summed E-state index contributed by atoms with van der Waals surface area (Å²) in [6, 6.07) is 6.97. The van der Waals surface area contributed by atoms with Crippen LogP contribution < -0.4 is 5.32 Å². The van der Waals surface area contributed by atoms with Crippen molar-refractivity contribution < 1.29 is 9.13 Å². The minimum Gasteiger partial charge on any atom is -0.378 e. The van der Waals surface area contributed by atoms with Crippen LogP contribution in [0, 0.1) is 11.7 Å². The molecule has 1 aromatic rings. The van der Waals surface area contributed by atoms with Crippen molar-refractivity contribution in [3.8, 4) is 0 Å². The van der Waals surface area contributed by atoms with Crippen molar-refractivity contribution in [3.63, 3.8) is 0 Å². The SMILES string of the molecule is CNC(c1ccc(F)cc1)C1COC(C)C1. The molecule has 3 heteroatoms. The average molecular weight is 223 g/mol. The fourth-order valence-electron chi connectivity index (χ4n) is 2.43. The van der Waals surface area contributed by atoms with Gasteiger partial charge in [0, 0.05) is 12.0 Å². The van der Waals surface area contributed by atoms with Crippen LogP contribution in [-0.4, -0.2) is 19.8 Å². The molecule has 1 saturated heterocycles. The van der Waals surface area contributed by atoms with Gasteiger partial charge in [0.25, 0.3) is 0 Å². The Labute approximate surface area is 95.8 Å². The highest BCUT2D eigenvalue weighted by atomic mass is 19.1. The predicted octanol–water partition coefficient (Wildman–Crippen LogP) is 2.51. The van der Waals surface area contributed by atoms with Crippen LogP contribution in [0.2, 0.25) is 0 Å². The third-order valence-corrected chi connectivity index (χ3v) is 3.24. The summed E-state index contributed by atoms with van der Waals surface area (Å²) < 4.78 is 18.4. The molecule has 0 bridgehead atoms. The Morgan fingerprint density at radius 3 is 2.56 bits per heavy atom. The first kappa shape index (κ1) is 11.6. The average Bonchev–Trinajstić information content (AvgIpc) is 2.69. The molecule has 3 atom stereocenters. The lowest BCUT2D eigenvalue weighted by Gasteiger charge is -2.22. The highest BCUT2D eigenvalue weighted by Gasteiger charge is 2.29. The number of benzene rings is 1. The summed E-state index contributed by atoms with van der Waals surface area (Å²) in [4.78, 5) is 0. The molecule has 88 valence electrons. The predicted molar refractivity (Wildman–Crippen MR) is 61.7 cm³/mol. The zero-order valence-corrected chi connectivity index (χ0v) is 9.74. The maximum Gasteiger partial charge on any atom is 0.123 e. The fourth-order valence-corrected chi connectivity index (χ4v) is 2.43. The number of hydrogen-bond acceptors (Lipinski definition) is 2. The molecular formula is C13H18FNO. The fraction of sp³-hybridized carbons (Fsp3) is 0.538. The van der Waals surface area contributed by atoms with E-state index in [1.54, 1.807) is 0 Å². The number of nitrogens with one attached hydrogen (secondary N) is 1. The van der Waals surface area contributed by atoms with E-state index in [0.29, 0.717) is 12.0 Å². The standard InChI is InChI=1S/C13H18FNO/c1-9-7-11(8-16-9)13(15-2)10-3-5-12(14)6-4-10/h3-6,9,11,13,15H,7-8H2,1-2H3. The van der Waals surface area contributed by atoms with Gasteiger partial charge < -0.3 is 10.1 Å². The molecule has 1 aliphatic heterocycles. The molecule has 0 spiro atoms. The van der Waals surface area contributed by atoms with Crippen molar-refractivity contribution in [1.29, 1.82) is 0 Å². The van der Waals surface area contributed by atoms with Gasteiger partial charge in [-0.2, -0.15) is 0 Å². The second-order valence-corrected chi connectivity index (χ2v) is 4.46. The van der Waals surface area contributed by atoms with Crippen molar-refractivity contribution in [1.82, 2.24) is 5.32 Å². The smallest absolute Gasteiger partial charge is 0.123 e. The van der Waals surface area contributed by atoms with Crippen LogP contribution in [-0.2, 0) is 4.74 Å². The molecule has 3 unspecified atom stereocenters. The van der Waals surface area contributed by atoms with Gasteiger partial charge in [0.05, 0.1) is 12.7 Å². The molecule has 2 rings (SSSR count). The van der Waals surface area contributed by atoms with Gasteiger partial charge in [-0.1, -0.05) is 12.1 Å². The highest BCUT2D eigenvalue weighted by molar-refractivity contribution is 5.21. The van der Waals surface area contributed by atoms with Gasteiger partial charge in [0.1, 0.15) is 5.82 Å². The molecule has 1 fully saturated rings. The van der Waals surface area contributed by atoms with Crippen molar-refractivity contribution >= 4 is 0 Å². The Kier molecular flexibility index (Phi) is 3.56. The van der Waals surface area contributed by atoms with E-state index >= 15 is 0 Å². The van der Waals surface area contributed by atoms with Crippen molar-refractivity contribution in [2.45, 2.75) is 25.5 Å². The summed E-state index contributed by atoms with van der Waals surface area (Å²) in [7, 11) is 1.94. The minimum atomic E-state index is -0.186. The monoisotopic (exact) mass is 223 g/mol. The molecule has 1 aromatic carbocycles. The Hall–Kier alpha value is -0.930. The normalized spacial score (nSPS) is 26.9. The molecular weight excluding hydrogens is 205 g/mol. The summed E-state index contributed by atoms with van der Waals surface area (Å²) in [5.41, 5.74) is 1.13. The summed E-state index contributed by atoms with van der Waals surface area (Å²) in [5.74, 6) is 0.292. The Morgan fingerprint density at radius 1 is 1.38 bits per heavy atom. The topological polar surface area (TPSA) is 21.3 Å². The van der Waals surface area contributed by atoms with Crippen LogP contribution in [0.25, 0.3) is 0 Å². The maximum atomic E-state index is 12.8. The summed E-state index contributed by atoms with van der Waals surface area (Å²) >= 11 is 0. The van der Waals surface area contributed by atoms with Crippen LogP contribution in [0.15, 0.2) is 24.3 Å². The number of ether oxygens (including phenoxy) is 1. The van der Waals surface area contributed by atoms with E-state index in [1.165, 1.54) is 12.1 Å². The van der Waals surface area contributed by atoms with Crippen LogP contribution in [0.1, 0.15) is 24.9 Å². The van der Waals surface area contributed by atoms with Crippen LogP contribution in [0.3, 0.4) is 0 Å². The molecule has 1 heterocycles. The molecule has 0 radical (unpaired) electrons. The Balaban J connectivity index is 2.13. The third-order valence-electron chi connectivity index (χ3n) is 3.24. The third kappa shape index (κ3) is 2.42. The first-order valence-corrected chi connectivity index (χ1v) is 5.75. The van der Waals surface area contributed by atoms with E-state index < -0.39 is 0 Å². The summed E-state index contributed by atoms with van der Waals surface area (Å²) in [6.45, 7) is 2.88. The van der Waals surface area contributed by atoms with E-state index in [4.69, 9.17) is 4.74 Å². The molecule has 1 aliphatic rings. The second-order valence-electron chi connectivity index (χ2n) is 4.46. The molecule has 1 N–H and O–H groups in total. The maximum absolute atomic E-state index is 12.8. The van der Waals surface area contributed by atoms with Crippen molar-refractivity contribution in [3.05, 3.63) is 35.6 Å². The minimum absolute atomic E-state index is 0.186. The van der Waals surface area contributed by atoms with E-state index in [0.717, 1.165) is 18.6 Å². The lowest BCUT2D eigenvalue weighted by molar-refractivity contribution is 0.117. The molecule has 16 heavy (non-hydrogen) atoms. The molecule has 2 nitrogen and oxygen atoms in total. The van der Waals surface area contributed by atoms with E-state index in [9.17, 15) is 4.39 Å². The first-order chi connectivity index (χ1) is 7.70. The quantitative estimate of drug-likeness (QED) is 0.850. The lowest BCUT2D eigenvalue weighted by atomic mass is 9.91. The van der Waals surface area contributed by atoms with Crippen LogP contribution >= 0.6 is 0 Å². The van der Waals surface area contributed by atoms with Gasteiger partial charge in [0.15, 0.2) is 0 Å². The Morgan fingerprint density at radius 2 is 2.06 bits per heavy atom. The van der Waals surface area contributed by atoms with Gasteiger partial charge in [0.2, 0.25) is 0 Å². The van der Waals surface area contributed by atoms with Gasteiger partial charge in [-0.05, 0) is 38.1 Å². The van der Waals surface area contributed by atoms with Crippen LogP contribution in [0.4, 0.5) is 4.39 Å². The second kappa shape index (κ2) is 4.93. The number of halogens is 1. The first-order valence-electron chi connectivity index (χ1n) is 5.75. The van der Waals surface area contributed by atoms with Crippen LogP contribution in [0.5, 0.6) is 0 Å². The molecule has 0 amide bonds. The van der Waals surface area contributed by atoms with Gasteiger partial charge >= 0.3 is 0 Å². The zero-order valence-electron chi connectivity index (χ0n) is 9.74. The Bertz CT molecular complexity index is 338. The largest absolute Gasteiger partial charge is 0.378 e.